The van der Waals surface area contributed by atoms with Gasteiger partial charge in [0.15, 0.2) is 32.3 Å². The number of carboxylic acids is 1. The number of nitrogens with zero attached hydrogens (tertiary/aromatic N) is 4. The van der Waals surface area contributed by atoms with Crippen molar-refractivity contribution in [2.45, 2.75) is 28.7 Å². The average Bonchev–Trinajstić information content (AvgIpc) is 3.77. The fourth-order valence-electron chi connectivity index (χ4n) is 4.97. The average molecular weight is 777 g/mol. The van der Waals surface area contributed by atoms with Gasteiger partial charge in [-0.05, 0) is 62.4 Å². The van der Waals surface area contributed by atoms with Crippen molar-refractivity contribution in [3.8, 4) is 22.6 Å². The Labute approximate surface area is 322 Å². The standard InChI is InChI=1S/C19H13N3O3S.C15H9NO4.C4H6N2S.2CH4/c1-11-10-21-19(26-11)22-18(24)14-4-2-3-13-15(23)9-16(25-17(13)14)12-5-7-20-8-6-12;17-12-8-13(9-4-6-16-7-5-9)20-14-10(12)2-1-3-11(14)15(18)19;1-3-2-6-4(5)7-3;;/h2-10H,1H3,(H,21,22,24);1-8H,(H,18,19);2H,1H3,(H2,5,6);2*1H4. The normalized spacial score (nSPS) is 10.1. The second-order valence-electron chi connectivity index (χ2n) is 11.1. The molecule has 8 rings (SSSR count). The van der Waals surface area contributed by atoms with Crippen LogP contribution in [0.4, 0.5) is 10.3 Å². The van der Waals surface area contributed by atoms with Gasteiger partial charge in [0.25, 0.3) is 5.91 Å². The van der Waals surface area contributed by atoms with E-state index in [-0.39, 0.29) is 59.3 Å². The van der Waals surface area contributed by atoms with Crippen molar-refractivity contribution in [2.24, 2.45) is 0 Å². The number of aromatic carboxylic acids is 1. The van der Waals surface area contributed by atoms with E-state index in [9.17, 15) is 19.2 Å². The summed E-state index contributed by atoms with van der Waals surface area (Å²) in [6.07, 6.45) is 9.82. The molecule has 0 bridgehead atoms. The van der Waals surface area contributed by atoms with Gasteiger partial charge in [-0.2, -0.15) is 0 Å². The van der Waals surface area contributed by atoms with Crippen molar-refractivity contribution in [2.75, 3.05) is 11.1 Å². The van der Waals surface area contributed by atoms with Crippen LogP contribution in [0.1, 0.15) is 45.3 Å². The maximum Gasteiger partial charge on any atom is 0.339 e. The Hall–Kier alpha value is -6.84. The van der Waals surface area contributed by atoms with E-state index in [1.54, 1.807) is 85.7 Å². The lowest BCUT2D eigenvalue weighted by Crippen LogP contribution is -2.13. The number of hydrogen-bond donors (Lipinski definition) is 3. The van der Waals surface area contributed by atoms with E-state index >= 15 is 0 Å². The minimum atomic E-state index is -1.13. The van der Waals surface area contributed by atoms with Gasteiger partial charge in [-0.1, -0.05) is 27.0 Å². The quantitative estimate of drug-likeness (QED) is 0.150. The summed E-state index contributed by atoms with van der Waals surface area (Å²) in [5, 5.41) is 13.7. The molecule has 0 saturated carbocycles. The van der Waals surface area contributed by atoms with Crippen LogP contribution in [0.2, 0.25) is 0 Å². The Morgan fingerprint density at radius 3 is 1.58 bits per heavy atom. The molecule has 55 heavy (non-hydrogen) atoms. The molecular formula is C40H36N6O7S2. The van der Waals surface area contributed by atoms with Crippen LogP contribution < -0.4 is 21.9 Å². The molecular weight excluding hydrogens is 741 g/mol. The molecule has 0 aliphatic rings. The number of carbonyl (C=O) groups is 2. The van der Waals surface area contributed by atoms with Gasteiger partial charge in [0.05, 0.1) is 16.3 Å². The zero-order valence-electron chi connectivity index (χ0n) is 28.0. The van der Waals surface area contributed by atoms with Gasteiger partial charge >= 0.3 is 5.97 Å². The summed E-state index contributed by atoms with van der Waals surface area (Å²) in [5.74, 6) is -0.806. The van der Waals surface area contributed by atoms with Crippen LogP contribution in [0, 0.1) is 13.8 Å². The topological polar surface area (TPSA) is 204 Å². The number of nitrogen functional groups attached to an aromatic ring is 1. The number of carboxylic acid groups (broad SMARTS) is 1. The third kappa shape index (κ3) is 9.78. The van der Waals surface area contributed by atoms with Crippen molar-refractivity contribution in [3.63, 3.8) is 0 Å². The number of nitrogens with one attached hydrogen (secondary N) is 1. The smallest absolute Gasteiger partial charge is 0.339 e. The molecule has 0 saturated heterocycles. The first-order valence-corrected chi connectivity index (χ1v) is 17.3. The van der Waals surface area contributed by atoms with E-state index in [0.717, 1.165) is 9.75 Å². The summed E-state index contributed by atoms with van der Waals surface area (Å²) < 4.78 is 11.5. The highest BCUT2D eigenvalue weighted by Crippen LogP contribution is 2.26. The monoisotopic (exact) mass is 776 g/mol. The highest BCUT2D eigenvalue weighted by Gasteiger charge is 2.17. The maximum atomic E-state index is 12.7. The minimum absolute atomic E-state index is 0. The Morgan fingerprint density at radius 2 is 1.16 bits per heavy atom. The molecule has 2 aromatic carbocycles. The number of para-hydroxylation sites is 2. The van der Waals surface area contributed by atoms with E-state index < -0.39 is 5.97 Å². The number of fused-ring (bicyclic) bond motifs is 2. The Bertz CT molecular complexity index is 2670. The number of rotatable bonds is 5. The number of anilines is 2. The lowest BCUT2D eigenvalue weighted by Gasteiger charge is -2.07. The van der Waals surface area contributed by atoms with Gasteiger partial charge in [-0.15, -0.1) is 22.7 Å². The zero-order valence-corrected chi connectivity index (χ0v) is 29.6. The number of aromatic nitrogens is 4. The number of aryl methyl sites for hydroxylation is 2. The van der Waals surface area contributed by atoms with Crippen LogP contribution in [-0.4, -0.2) is 36.9 Å². The molecule has 0 unspecified atom stereocenters. The summed E-state index contributed by atoms with van der Waals surface area (Å²) in [5.41, 5.74) is 6.76. The highest BCUT2D eigenvalue weighted by atomic mass is 32.1. The van der Waals surface area contributed by atoms with E-state index in [4.69, 9.17) is 19.7 Å². The summed E-state index contributed by atoms with van der Waals surface area (Å²) in [6.45, 7) is 3.89. The fourth-order valence-corrected chi connectivity index (χ4v) is 6.17. The first kappa shape index (κ1) is 40.9. The lowest BCUT2D eigenvalue weighted by molar-refractivity contribution is 0.0697. The van der Waals surface area contributed by atoms with Crippen molar-refractivity contribution < 1.29 is 23.5 Å². The second-order valence-corrected chi connectivity index (χ2v) is 13.6. The largest absolute Gasteiger partial charge is 0.478 e. The molecule has 8 aromatic rings. The van der Waals surface area contributed by atoms with E-state index in [1.165, 1.54) is 46.9 Å². The number of benzene rings is 2. The fraction of sp³-hybridized carbons (Fsp3) is 0.100. The van der Waals surface area contributed by atoms with E-state index in [1.807, 2.05) is 13.8 Å². The van der Waals surface area contributed by atoms with Crippen LogP contribution in [-0.2, 0) is 0 Å². The number of amides is 1. The number of pyridine rings is 2. The Kier molecular flexibility index (Phi) is 13.6. The van der Waals surface area contributed by atoms with Crippen molar-refractivity contribution in [3.05, 3.63) is 151 Å². The minimum Gasteiger partial charge on any atom is -0.478 e. The molecule has 0 aliphatic carbocycles. The first-order valence-electron chi connectivity index (χ1n) is 15.7. The van der Waals surface area contributed by atoms with Gasteiger partial charge in [0.1, 0.15) is 17.1 Å². The Balaban J connectivity index is 0.000000206. The number of thiazole rings is 2. The maximum absolute atomic E-state index is 12.7. The van der Waals surface area contributed by atoms with E-state index in [2.05, 4.69) is 25.3 Å². The van der Waals surface area contributed by atoms with Gasteiger partial charge in [-0.25, -0.2) is 14.8 Å². The molecule has 0 atom stereocenters. The zero-order chi connectivity index (χ0) is 37.5. The Morgan fingerprint density at radius 1 is 0.691 bits per heavy atom. The SMILES string of the molecule is C.C.Cc1cnc(N)s1.Cc1cnc(NC(=O)c2cccc3c(=O)cc(-c4ccncc4)oc23)s1.O=C(O)c1cccc2c(=O)cc(-c3ccncc3)oc12. The third-order valence-corrected chi connectivity index (χ3v) is 8.97. The summed E-state index contributed by atoms with van der Waals surface area (Å²) in [4.78, 5) is 66.4. The molecule has 0 fully saturated rings. The van der Waals surface area contributed by atoms with Crippen LogP contribution in [0.25, 0.3) is 44.6 Å². The molecule has 15 heteroatoms. The van der Waals surface area contributed by atoms with Gasteiger partial charge < -0.3 is 19.7 Å². The molecule has 0 aliphatic heterocycles. The molecule has 6 aromatic heterocycles. The first-order chi connectivity index (χ1) is 25.6. The van der Waals surface area contributed by atoms with Crippen molar-refractivity contribution >= 4 is 66.8 Å². The molecule has 1 amide bonds. The van der Waals surface area contributed by atoms with Crippen LogP contribution in [0.3, 0.4) is 0 Å². The third-order valence-electron chi connectivity index (χ3n) is 7.39. The number of carbonyl (C=O) groups excluding carboxylic acids is 1. The van der Waals surface area contributed by atoms with Crippen molar-refractivity contribution in [1.29, 1.82) is 0 Å². The van der Waals surface area contributed by atoms with Gasteiger partial charge in [0.2, 0.25) is 0 Å². The highest BCUT2D eigenvalue weighted by molar-refractivity contribution is 7.15. The molecule has 13 nitrogen and oxygen atoms in total. The molecule has 6 heterocycles. The van der Waals surface area contributed by atoms with Crippen molar-refractivity contribution in [1.82, 2.24) is 19.9 Å². The lowest BCUT2D eigenvalue weighted by atomic mass is 10.1. The van der Waals surface area contributed by atoms with E-state index in [0.29, 0.717) is 38.3 Å². The summed E-state index contributed by atoms with van der Waals surface area (Å²) in [6, 6.07) is 19.0. The summed E-state index contributed by atoms with van der Waals surface area (Å²) in [7, 11) is 0. The second kappa shape index (κ2) is 18.3. The molecule has 280 valence electrons. The molecule has 0 radical (unpaired) electrons. The predicted molar refractivity (Wildman–Crippen MR) is 218 cm³/mol. The molecule has 4 N–H and O–H groups in total. The van der Waals surface area contributed by atoms with Gasteiger partial charge in [0, 0.05) is 70.2 Å². The van der Waals surface area contributed by atoms with Crippen LogP contribution in [0.5, 0.6) is 0 Å². The van der Waals surface area contributed by atoms with Crippen LogP contribution >= 0.6 is 22.7 Å². The summed E-state index contributed by atoms with van der Waals surface area (Å²) >= 11 is 2.89. The molecule has 0 spiro atoms. The predicted octanol–water partition coefficient (Wildman–Crippen LogP) is 8.73. The number of nitrogens with two attached hydrogens (primary N) is 1. The van der Waals surface area contributed by atoms with Crippen LogP contribution in [0.15, 0.2) is 128 Å². The number of hydrogen-bond acceptors (Lipinski definition) is 13. The van der Waals surface area contributed by atoms with Gasteiger partial charge in [-0.3, -0.25) is 29.7 Å².